The highest BCUT2D eigenvalue weighted by Crippen LogP contribution is 2.25. The molecule has 3 nitrogen and oxygen atoms in total. The Kier molecular flexibility index (Phi) is 5.67. The summed E-state index contributed by atoms with van der Waals surface area (Å²) in [6, 6.07) is 6.34. The molecule has 0 saturated carbocycles. The molecule has 2 unspecified atom stereocenters. The van der Waals surface area contributed by atoms with Crippen LogP contribution in [0.1, 0.15) is 25.3 Å². The number of benzene rings is 1. The van der Waals surface area contributed by atoms with Gasteiger partial charge in [-0.15, -0.1) is 0 Å². The Labute approximate surface area is 123 Å². The van der Waals surface area contributed by atoms with Crippen LogP contribution in [0.3, 0.4) is 0 Å². The highest BCUT2D eigenvalue weighted by Gasteiger charge is 2.16. The maximum absolute atomic E-state index is 6.02. The summed E-state index contributed by atoms with van der Waals surface area (Å²) in [5.74, 6) is 1.46. The second kappa shape index (κ2) is 7.27. The molecule has 0 radical (unpaired) electrons. The van der Waals surface area contributed by atoms with Crippen LogP contribution in [0.2, 0.25) is 0 Å². The van der Waals surface area contributed by atoms with Gasteiger partial charge in [-0.05, 0) is 43.0 Å². The molecule has 4 heteroatoms. The highest BCUT2D eigenvalue weighted by molar-refractivity contribution is 9.10. The maximum atomic E-state index is 6.02. The van der Waals surface area contributed by atoms with Crippen molar-refractivity contribution in [1.29, 1.82) is 0 Å². The molecule has 1 aliphatic heterocycles. The average molecular weight is 328 g/mol. The molecule has 19 heavy (non-hydrogen) atoms. The van der Waals surface area contributed by atoms with Crippen molar-refractivity contribution in [3.05, 3.63) is 28.2 Å². The molecule has 1 saturated heterocycles. The van der Waals surface area contributed by atoms with Crippen molar-refractivity contribution in [3.63, 3.8) is 0 Å². The van der Waals surface area contributed by atoms with E-state index in [0.717, 1.165) is 49.3 Å². The van der Waals surface area contributed by atoms with E-state index in [1.54, 1.807) is 0 Å². The molecule has 1 aliphatic rings. The molecule has 0 aromatic heterocycles. The van der Waals surface area contributed by atoms with E-state index < -0.39 is 0 Å². The number of hydrogen-bond donors (Lipinski definition) is 1. The fraction of sp³-hybridized carbons (Fsp3) is 0.600. The van der Waals surface area contributed by atoms with Crippen LogP contribution < -0.4 is 10.5 Å². The van der Waals surface area contributed by atoms with Crippen LogP contribution in [0, 0.1) is 5.92 Å². The van der Waals surface area contributed by atoms with Gasteiger partial charge in [-0.25, -0.2) is 0 Å². The van der Waals surface area contributed by atoms with Crippen molar-refractivity contribution in [2.24, 2.45) is 11.7 Å². The van der Waals surface area contributed by atoms with Gasteiger partial charge in [-0.2, -0.15) is 0 Å². The lowest BCUT2D eigenvalue weighted by Gasteiger charge is -2.14. The Morgan fingerprint density at radius 1 is 1.53 bits per heavy atom. The molecule has 2 N–H and O–H groups in total. The standard InChI is InChI=1S/C15H22BrNO2/c1-2-13(17)7-12-8-14(3-4-15(12)16)19-10-11-5-6-18-9-11/h3-4,8,11,13H,2,5-7,9-10,17H2,1H3. The van der Waals surface area contributed by atoms with Gasteiger partial charge in [0, 0.05) is 23.0 Å². The molecular formula is C15H22BrNO2. The Balaban J connectivity index is 1.94. The van der Waals surface area contributed by atoms with E-state index in [2.05, 4.69) is 28.9 Å². The zero-order valence-electron chi connectivity index (χ0n) is 11.4. The van der Waals surface area contributed by atoms with Crippen LogP contribution >= 0.6 is 15.9 Å². The topological polar surface area (TPSA) is 44.5 Å². The van der Waals surface area contributed by atoms with Gasteiger partial charge in [0.15, 0.2) is 0 Å². The van der Waals surface area contributed by atoms with Gasteiger partial charge in [0.1, 0.15) is 5.75 Å². The number of halogens is 1. The maximum Gasteiger partial charge on any atom is 0.119 e. The van der Waals surface area contributed by atoms with Crippen LogP contribution in [-0.2, 0) is 11.2 Å². The fourth-order valence-electron chi connectivity index (χ4n) is 2.15. The summed E-state index contributed by atoms with van der Waals surface area (Å²) in [6.45, 7) is 4.54. The quantitative estimate of drug-likeness (QED) is 0.872. The minimum atomic E-state index is 0.204. The number of nitrogens with two attached hydrogens (primary N) is 1. The lowest BCUT2D eigenvalue weighted by molar-refractivity contribution is 0.167. The van der Waals surface area contributed by atoms with Crippen LogP contribution in [0.4, 0.5) is 0 Å². The molecule has 1 heterocycles. The second-order valence-electron chi connectivity index (χ2n) is 5.17. The minimum absolute atomic E-state index is 0.204. The molecule has 0 spiro atoms. The van der Waals surface area contributed by atoms with Crippen molar-refractivity contribution in [2.75, 3.05) is 19.8 Å². The Bertz CT molecular complexity index is 405. The summed E-state index contributed by atoms with van der Waals surface area (Å²) in [7, 11) is 0. The fourth-order valence-corrected chi connectivity index (χ4v) is 2.56. The summed E-state index contributed by atoms with van der Waals surface area (Å²) in [6.07, 6.45) is 2.96. The number of hydrogen-bond acceptors (Lipinski definition) is 3. The van der Waals surface area contributed by atoms with Crippen LogP contribution in [0.25, 0.3) is 0 Å². The SMILES string of the molecule is CCC(N)Cc1cc(OCC2CCOC2)ccc1Br. The predicted molar refractivity (Wildman–Crippen MR) is 80.5 cm³/mol. The highest BCUT2D eigenvalue weighted by atomic mass is 79.9. The summed E-state index contributed by atoms with van der Waals surface area (Å²) < 4.78 is 12.3. The Morgan fingerprint density at radius 2 is 2.37 bits per heavy atom. The van der Waals surface area contributed by atoms with Crippen LogP contribution in [-0.4, -0.2) is 25.9 Å². The van der Waals surface area contributed by atoms with Crippen molar-refractivity contribution in [2.45, 2.75) is 32.2 Å². The van der Waals surface area contributed by atoms with Crippen molar-refractivity contribution >= 4 is 15.9 Å². The van der Waals surface area contributed by atoms with E-state index in [0.29, 0.717) is 5.92 Å². The van der Waals surface area contributed by atoms with Gasteiger partial charge in [-0.3, -0.25) is 0 Å². The van der Waals surface area contributed by atoms with Gasteiger partial charge in [0.25, 0.3) is 0 Å². The minimum Gasteiger partial charge on any atom is -0.493 e. The molecule has 106 valence electrons. The third-order valence-electron chi connectivity index (χ3n) is 3.53. The smallest absolute Gasteiger partial charge is 0.119 e. The lowest BCUT2D eigenvalue weighted by atomic mass is 10.0. The summed E-state index contributed by atoms with van der Waals surface area (Å²) in [4.78, 5) is 0. The number of rotatable bonds is 6. The molecule has 1 aromatic carbocycles. The summed E-state index contributed by atoms with van der Waals surface area (Å²) in [5.41, 5.74) is 7.24. The third kappa shape index (κ3) is 4.48. The largest absolute Gasteiger partial charge is 0.493 e. The van der Waals surface area contributed by atoms with E-state index in [9.17, 15) is 0 Å². The van der Waals surface area contributed by atoms with Gasteiger partial charge in [-0.1, -0.05) is 22.9 Å². The van der Waals surface area contributed by atoms with E-state index in [1.807, 2.05) is 12.1 Å². The Hall–Kier alpha value is -0.580. The monoisotopic (exact) mass is 327 g/mol. The molecular weight excluding hydrogens is 306 g/mol. The first kappa shape index (κ1) is 14.8. The van der Waals surface area contributed by atoms with E-state index in [1.165, 1.54) is 5.56 Å². The molecule has 2 atom stereocenters. The van der Waals surface area contributed by atoms with Crippen molar-refractivity contribution in [1.82, 2.24) is 0 Å². The first-order valence-electron chi connectivity index (χ1n) is 6.93. The zero-order valence-corrected chi connectivity index (χ0v) is 13.0. The zero-order chi connectivity index (χ0) is 13.7. The molecule has 1 fully saturated rings. The summed E-state index contributed by atoms with van der Waals surface area (Å²) in [5, 5.41) is 0. The van der Waals surface area contributed by atoms with Crippen molar-refractivity contribution in [3.8, 4) is 5.75 Å². The average Bonchev–Trinajstić information content (AvgIpc) is 2.92. The second-order valence-corrected chi connectivity index (χ2v) is 6.02. The van der Waals surface area contributed by atoms with Crippen LogP contribution in [0.15, 0.2) is 22.7 Å². The van der Waals surface area contributed by atoms with Crippen molar-refractivity contribution < 1.29 is 9.47 Å². The first-order chi connectivity index (χ1) is 9.19. The van der Waals surface area contributed by atoms with E-state index in [-0.39, 0.29) is 6.04 Å². The summed E-state index contributed by atoms with van der Waals surface area (Å²) >= 11 is 3.57. The van der Waals surface area contributed by atoms with Crippen LogP contribution in [0.5, 0.6) is 5.75 Å². The first-order valence-corrected chi connectivity index (χ1v) is 7.73. The van der Waals surface area contributed by atoms with Gasteiger partial charge in [0.05, 0.1) is 13.2 Å². The van der Waals surface area contributed by atoms with Gasteiger partial charge in [0.2, 0.25) is 0 Å². The predicted octanol–water partition coefficient (Wildman–Crippen LogP) is 3.14. The third-order valence-corrected chi connectivity index (χ3v) is 4.31. The normalized spacial score (nSPS) is 20.5. The molecule has 2 rings (SSSR count). The molecule has 0 bridgehead atoms. The molecule has 0 aliphatic carbocycles. The van der Waals surface area contributed by atoms with Gasteiger partial charge >= 0.3 is 0 Å². The Morgan fingerprint density at radius 3 is 3.05 bits per heavy atom. The van der Waals surface area contributed by atoms with E-state index >= 15 is 0 Å². The molecule has 1 aromatic rings. The van der Waals surface area contributed by atoms with Gasteiger partial charge < -0.3 is 15.2 Å². The van der Waals surface area contributed by atoms with E-state index in [4.69, 9.17) is 15.2 Å². The number of ether oxygens (including phenoxy) is 2. The molecule has 0 amide bonds. The lowest BCUT2D eigenvalue weighted by Crippen LogP contribution is -2.21.